The van der Waals surface area contributed by atoms with Gasteiger partial charge in [-0.3, -0.25) is 9.69 Å². The summed E-state index contributed by atoms with van der Waals surface area (Å²) in [6.45, 7) is 4.29. The van der Waals surface area contributed by atoms with E-state index in [0.29, 0.717) is 5.56 Å². The van der Waals surface area contributed by atoms with E-state index >= 15 is 0 Å². The lowest BCUT2D eigenvalue weighted by Gasteiger charge is -2.27. The maximum atomic E-state index is 12.3. The molecule has 154 valence electrons. The summed E-state index contributed by atoms with van der Waals surface area (Å²) in [4.78, 5) is 14.6. The Labute approximate surface area is 179 Å². The summed E-state index contributed by atoms with van der Waals surface area (Å²) in [6.07, 6.45) is 1.64. The van der Waals surface area contributed by atoms with E-state index in [-0.39, 0.29) is 10.8 Å². The van der Waals surface area contributed by atoms with Crippen molar-refractivity contribution in [2.24, 2.45) is 5.10 Å². The smallest absolute Gasteiger partial charge is 0.271 e. The minimum Gasteiger partial charge on any atom is -0.506 e. The molecule has 3 aromatic rings. The van der Waals surface area contributed by atoms with Gasteiger partial charge < -0.3 is 9.84 Å². The second-order valence-corrected chi connectivity index (χ2v) is 7.52. The van der Waals surface area contributed by atoms with Gasteiger partial charge >= 0.3 is 0 Å². The van der Waals surface area contributed by atoms with Gasteiger partial charge in [0.05, 0.1) is 24.5 Å². The number of carbonyl (C=O) groups excluding carboxylic acids is 1. The van der Waals surface area contributed by atoms with E-state index in [2.05, 4.69) is 33.6 Å². The first kappa shape index (κ1) is 20.3. The highest BCUT2D eigenvalue weighted by molar-refractivity contribution is 6.32. The highest BCUT2D eigenvalue weighted by Crippen LogP contribution is 2.24. The third kappa shape index (κ3) is 4.62. The lowest BCUT2D eigenvalue weighted by molar-refractivity contribution is 0.0343. The number of halogens is 1. The van der Waals surface area contributed by atoms with Crippen molar-refractivity contribution in [2.75, 3.05) is 26.3 Å². The fourth-order valence-corrected chi connectivity index (χ4v) is 3.70. The largest absolute Gasteiger partial charge is 0.506 e. The highest BCUT2D eigenvalue weighted by atomic mass is 35.5. The zero-order valence-corrected chi connectivity index (χ0v) is 17.1. The molecule has 6 nitrogen and oxygen atoms in total. The molecule has 0 saturated carbocycles. The quantitative estimate of drug-likeness (QED) is 0.483. The molecule has 1 saturated heterocycles. The van der Waals surface area contributed by atoms with E-state index in [0.717, 1.165) is 43.8 Å². The van der Waals surface area contributed by atoms with Crippen molar-refractivity contribution in [3.8, 4) is 5.75 Å². The number of nitrogens with zero attached hydrogens (tertiary/aromatic N) is 2. The Bertz CT molecular complexity index is 1090. The first-order valence-electron chi connectivity index (χ1n) is 9.74. The van der Waals surface area contributed by atoms with Crippen molar-refractivity contribution in [2.45, 2.75) is 6.54 Å². The maximum absolute atomic E-state index is 12.3. The maximum Gasteiger partial charge on any atom is 0.271 e. The number of carbonyl (C=O) groups is 1. The first-order valence-corrected chi connectivity index (χ1v) is 10.1. The molecule has 1 fully saturated rings. The number of ether oxygens (including phenoxy) is 1. The molecule has 1 aliphatic heterocycles. The van der Waals surface area contributed by atoms with Crippen LogP contribution in [-0.2, 0) is 11.3 Å². The molecule has 0 unspecified atom stereocenters. The second kappa shape index (κ2) is 9.26. The molecule has 1 heterocycles. The third-order valence-electron chi connectivity index (χ3n) is 5.12. The van der Waals surface area contributed by atoms with Gasteiger partial charge in [0, 0.05) is 30.8 Å². The summed E-state index contributed by atoms with van der Waals surface area (Å²) in [5.74, 6) is -0.471. The van der Waals surface area contributed by atoms with Crippen molar-refractivity contribution in [1.29, 1.82) is 0 Å². The number of hydrogen-bond donors (Lipinski definition) is 2. The molecule has 0 bridgehead atoms. The van der Waals surface area contributed by atoms with Crippen LogP contribution in [0.4, 0.5) is 0 Å². The number of phenolic OH excluding ortho intramolecular Hbond substituents is 1. The van der Waals surface area contributed by atoms with Gasteiger partial charge in [0.25, 0.3) is 5.91 Å². The predicted molar refractivity (Wildman–Crippen MR) is 118 cm³/mol. The molecule has 0 spiro atoms. The number of fused-ring (bicyclic) bond motifs is 1. The number of amides is 1. The van der Waals surface area contributed by atoms with Crippen LogP contribution in [0.15, 0.2) is 59.7 Å². The van der Waals surface area contributed by atoms with Crippen LogP contribution in [0.25, 0.3) is 10.8 Å². The molecule has 1 aliphatic rings. The van der Waals surface area contributed by atoms with Crippen molar-refractivity contribution in [1.82, 2.24) is 10.3 Å². The number of phenols is 1. The fourth-order valence-electron chi connectivity index (χ4n) is 3.52. The van der Waals surface area contributed by atoms with Gasteiger partial charge in [-0.1, -0.05) is 48.0 Å². The van der Waals surface area contributed by atoms with E-state index in [1.807, 2.05) is 18.2 Å². The van der Waals surface area contributed by atoms with E-state index in [9.17, 15) is 9.90 Å². The molecular weight excluding hydrogens is 402 g/mol. The number of hydrogen-bond acceptors (Lipinski definition) is 5. The molecule has 7 heteroatoms. The summed E-state index contributed by atoms with van der Waals surface area (Å²) in [5.41, 5.74) is 5.00. The molecule has 0 atom stereocenters. The summed E-state index contributed by atoms with van der Waals surface area (Å²) >= 11 is 5.86. The Morgan fingerprint density at radius 3 is 2.70 bits per heavy atom. The average Bonchev–Trinajstić information content (AvgIpc) is 2.77. The van der Waals surface area contributed by atoms with Crippen molar-refractivity contribution in [3.63, 3.8) is 0 Å². The number of rotatable bonds is 5. The van der Waals surface area contributed by atoms with Crippen LogP contribution in [0.1, 0.15) is 21.5 Å². The van der Waals surface area contributed by atoms with Crippen LogP contribution in [0, 0.1) is 0 Å². The van der Waals surface area contributed by atoms with Gasteiger partial charge in [0.1, 0.15) is 5.75 Å². The van der Waals surface area contributed by atoms with Crippen LogP contribution in [-0.4, -0.2) is 48.4 Å². The fraction of sp³-hybridized carbons (Fsp3) is 0.217. The first-order chi connectivity index (χ1) is 14.6. The lowest BCUT2D eigenvalue weighted by Crippen LogP contribution is -2.35. The second-order valence-electron chi connectivity index (χ2n) is 7.11. The molecule has 4 rings (SSSR count). The molecule has 0 aliphatic carbocycles. The Morgan fingerprint density at radius 2 is 1.90 bits per heavy atom. The van der Waals surface area contributed by atoms with Gasteiger partial charge in [0.15, 0.2) is 0 Å². The van der Waals surface area contributed by atoms with E-state index < -0.39 is 5.91 Å². The number of morpholine rings is 1. The van der Waals surface area contributed by atoms with Crippen molar-refractivity contribution in [3.05, 3.63) is 76.3 Å². The Hall–Kier alpha value is -2.93. The van der Waals surface area contributed by atoms with Gasteiger partial charge in [-0.15, -0.1) is 0 Å². The zero-order chi connectivity index (χ0) is 20.9. The molecule has 0 radical (unpaired) electrons. The van der Waals surface area contributed by atoms with Gasteiger partial charge in [-0.05, 0) is 34.5 Å². The minimum atomic E-state index is -0.401. The zero-order valence-electron chi connectivity index (χ0n) is 16.3. The number of hydrazone groups is 1. The minimum absolute atomic E-state index is 0.0691. The third-order valence-corrected chi connectivity index (χ3v) is 5.43. The Morgan fingerprint density at radius 1 is 1.13 bits per heavy atom. The van der Waals surface area contributed by atoms with Crippen molar-refractivity contribution >= 4 is 34.5 Å². The van der Waals surface area contributed by atoms with Crippen LogP contribution < -0.4 is 5.43 Å². The number of benzene rings is 3. The average molecular weight is 424 g/mol. The normalized spacial score (nSPS) is 15.0. The summed E-state index contributed by atoms with van der Waals surface area (Å²) in [6, 6.07) is 16.6. The summed E-state index contributed by atoms with van der Waals surface area (Å²) < 4.78 is 5.44. The molecular formula is C23H22ClN3O3. The lowest BCUT2D eigenvalue weighted by atomic mass is 10.00. The van der Waals surface area contributed by atoms with E-state index in [1.54, 1.807) is 6.21 Å². The van der Waals surface area contributed by atoms with Crippen LogP contribution in [0.5, 0.6) is 5.75 Å². The SMILES string of the molecule is O=C(N/N=C/c1cccc2c(CN3CCOCC3)cccc12)c1ccc(O)c(Cl)c1. The topological polar surface area (TPSA) is 74.2 Å². The Kier molecular flexibility index (Phi) is 6.28. The van der Waals surface area contributed by atoms with E-state index in [1.165, 1.54) is 29.1 Å². The standard InChI is InChI=1S/C23H22ClN3O3/c24-21-13-16(7-8-22(21)28)23(29)26-25-14-17-3-1-6-20-18(4-2-5-19(17)20)15-27-9-11-30-12-10-27/h1-8,13-14,28H,9-12,15H2,(H,26,29)/b25-14+. The van der Waals surface area contributed by atoms with E-state index in [4.69, 9.17) is 16.3 Å². The number of aromatic hydroxyl groups is 1. The van der Waals surface area contributed by atoms with Crippen molar-refractivity contribution < 1.29 is 14.6 Å². The molecule has 0 aromatic heterocycles. The van der Waals surface area contributed by atoms with Crippen LogP contribution in [0.2, 0.25) is 5.02 Å². The number of nitrogens with one attached hydrogen (secondary N) is 1. The van der Waals surface area contributed by atoms with Crippen LogP contribution in [0.3, 0.4) is 0 Å². The summed E-state index contributed by atoms with van der Waals surface area (Å²) in [7, 11) is 0. The summed E-state index contributed by atoms with van der Waals surface area (Å²) in [5, 5.41) is 16.0. The monoisotopic (exact) mass is 423 g/mol. The molecule has 30 heavy (non-hydrogen) atoms. The Balaban J connectivity index is 1.51. The van der Waals surface area contributed by atoms with Gasteiger partial charge in [0.2, 0.25) is 0 Å². The van der Waals surface area contributed by atoms with Gasteiger partial charge in [-0.25, -0.2) is 5.43 Å². The predicted octanol–water partition coefficient (Wildman–Crippen LogP) is 3.79. The van der Waals surface area contributed by atoms with Gasteiger partial charge in [-0.2, -0.15) is 5.10 Å². The molecule has 1 amide bonds. The molecule has 2 N–H and O–H groups in total. The molecule has 3 aromatic carbocycles. The van der Waals surface area contributed by atoms with Crippen LogP contribution >= 0.6 is 11.6 Å². The highest BCUT2D eigenvalue weighted by Gasteiger charge is 2.13.